The van der Waals surface area contributed by atoms with Crippen molar-refractivity contribution in [1.82, 2.24) is 15.1 Å². The molecule has 3 rings (SSSR count). The van der Waals surface area contributed by atoms with Crippen LogP contribution in [0.1, 0.15) is 12.8 Å². The van der Waals surface area contributed by atoms with Crippen LogP contribution in [0.3, 0.4) is 0 Å². The highest BCUT2D eigenvalue weighted by Crippen LogP contribution is 2.27. The van der Waals surface area contributed by atoms with E-state index in [1.807, 2.05) is 24.4 Å². The maximum atomic E-state index is 11.8. The summed E-state index contributed by atoms with van der Waals surface area (Å²) in [6.45, 7) is 1.25. The number of benzene rings is 1. The molecular formula is C15H17ClN4O. The van der Waals surface area contributed by atoms with Gasteiger partial charge in [0.25, 0.3) is 0 Å². The van der Waals surface area contributed by atoms with Gasteiger partial charge in [0.2, 0.25) is 5.91 Å². The van der Waals surface area contributed by atoms with Gasteiger partial charge in [-0.3, -0.25) is 4.79 Å². The van der Waals surface area contributed by atoms with Crippen LogP contribution in [0, 0.1) is 5.92 Å². The van der Waals surface area contributed by atoms with Gasteiger partial charge in [-0.25, -0.2) is 4.68 Å². The molecule has 2 N–H and O–H groups in total. The highest BCUT2D eigenvalue weighted by molar-refractivity contribution is 6.32. The number of halogens is 1. The second-order valence-corrected chi connectivity index (χ2v) is 5.65. The Hall–Kier alpha value is -1.85. The standard InChI is InChI=1S/C15H17ClN4O/c16-13-8-12(4-5-14(13)20-7-1-6-18-20)19-15(21)10-17-9-11-2-3-11/h1,4-8,11,17H,2-3,9-10H2,(H,19,21). The van der Waals surface area contributed by atoms with E-state index in [2.05, 4.69) is 15.7 Å². The molecule has 1 saturated carbocycles. The first kappa shape index (κ1) is 14.1. The Morgan fingerprint density at radius 3 is 2.95 bits per heavy atom. The van der Waals surface area contributed by atoms with Crippen molar-refractivity contribution in [2.24, 2.45) is 5.92 Å². The topological polar surface area (TPSA) is 59.0 Å². The Labute approximate surface area is 128 Å². The van der Waals surface area contributed by atoms with Crippen LogP contribution in [0.15, 0.2) is 36.7 Å². The van der Waals surface area contributed by atoms with E-state index in [0.29, 0.717) is 17.3 Å². The van der Waals surface area contributed by atoms with Gasteiger partial charge in [-0.1, -0.05) is 11.6 Å². The van der Waals surface area contributed by atoms with Gasteiger partial charge in [0.05, 0.1) is 17.3 Å². The van der Waals surface area contributed by atoms with Crippen molar-refractivity contribution < 1.29 is 4.79 Å². The highest BCUT2D eigenvalue weighted by atomic mass is 35.5. The molecule has 1 aliphatic carbocycles. The van der Waals surface area contributed by atoms with Gasteiger partial charge in [0.1, 0.15) is 0 Å². The highest BCUT2D eigenvalue weighted by Gasteiger charge is 2.20. The number of nitrogens with one attached hydrogen (secondary N) is 2. The fraction of sp³-hybridized carbons (Fsp3) is 0.333. The monoisotopic (exact) mass is 304 g/mol. The molecule has 1 aliphatic rings. The third-order valence-electron chi connectivity index (χ3n) is 3.40. The molecule has 5 nitrogen and oxygen atoms in total. The van der Waals surface area contributed by atoms with E-state index in [1.54, 1.807) is 16.9 Å². The van der Waals surface area contributed by atoms with Crippen molar-refractivity contribution in [3.05, 3.63) is 41.7 Å². The molecule has 0 unspecified atom stereocenters. The molecular weight excluding hydrogens is 288 g/mol. The van der Waals surface area contributed by atoms with E-state index < -0.39 is 0 Å². The molecule has 21 heavy (non-hydrogen) atoms. The first-order chi connectivity index (χ1) is 10.2. The smallest absolute Gasteiger partial charge is 0.238 e. The lowest BCUT2D eigenvalue weighted by Crippen LogP contribution is -2.29. The Morgan fingerprint density at radius 2 is 2.29 bits per heavy atom. The summed E-state index contributed by atoms with van der Waals surface area (Å²) >= 11 is 6.23. The number of carbonyl (C=O) groups is 1. The Kier molecular flexibility index (Phi) is 4.22. The molecule has 0 spiro atoms. The average molecular weight is 305 g/mol. The van der Waals surface area contributed by atoms with Crippen LogP contribution in [0.2, 0.25) is 5.02 Å². The van der Waals surface area contributed by atoms with Gasteiger partial charge >= 0.3 is 0 Å². The number of nitrogens with zero attached hydrogens (tertiary/aromatic N) is 2. The van der Waals surface area contributed by atoms with E-state index in [0.717, 1.165) is 18.2 Å². The quantitative estimate of drug-likeness (QED) is 0.862. The van der Waals surface area contributed by atoms with Crippen molar-refractivity contribution in [2.75, 3.05) is 18.4 Å². The largest absolute Gasteiger partial charge is 0.325 e. The number of hydrogen-bond acceptors (Lipinski definition) is 3. The second kappa shape index (κ2) is 6.28. The van der Waals surface area contributed by atoms with Crippen molar-refractivity contribution in [3.8, 4) is 5.69 Å². The van der Waals surface area contributed by atoms with Crippen molar-refractivity contribution in [2.45, 2.75) is 12.8 Å². The first-order valence-electron chi connectivity index (χ1n) is 7.02. The van der Waals surface area contributed by atoms with Crippen LogP contribution in [-0.2, 0) is 4.79 Å². The van der Waals surface area contributed by atoms with Crippen LogP contribution in [0.25, 0.3) is 5.69 Å². The van der Waals surface area contributed by atoms with Crippen molar-refractivity contribution >= 4 is 23.2 Å². The number of aromatic nitrogens is 2. The van der Waals surface area contributed by atoms with Crippen LogP contribution in [0.4, 0.5) is 5.69 Å². The molecule has 0 aliphatic heterocycles. The summed E-state index contributed by atoms with van der Waals surface area (Å²) in [5.41, 5.74) is 1.47. The maximum absolute atomic E-state index is 11.8. The fourth-order valence-corrected chi connectivity index (χ4v) is 2.37. The summed E-state index contributed by atoms with van der Waals surface area (Å²) in [5.74, 6) is 0.708. The Bertz CT molecular complexity index is 623. The molecule has 0 saturated heterocycles. The van der Waals surface area contributed by atoms with Gasteiger partial charge in [-0.05, 0) is 49.6 Å². The average Bonchev–Trinajstić information content (AvgIpc) is 3.11. The molecule has 0 atom stereocenters. The van der Waals surface area contributed by atoms with E-state index in [9.17, 15) is 4.79 Å². The van der Waals surface area contributed by atoms with E-state index in [4.69, 9.17) is 11.6 Å². The molecule has 1 aromatic heterocycles. The SMILES string of the molecule is O=C(CNCC1CC1)Nc1ccc(-n2cccn2)c(Cl)c1. The number of anilines is 1. The predicted molar refractivity (Wildman–Crippen MR) is 82.8 cm³/mol. The number of carbonyl (C=O) groups excluding carboxylic acids is 1. The number of hydrogen-bond donors (Lipinski definition) is 2. The molecule has 2 aromatic rings. The minimum atomic E-state index is -0.0569. The summed E-state index contributed by atoms with van der Waals surface area (Å²) in [7, 11) is 0. The normalized spacial score (nSPS) is 14.1. The second-order valence-electron chi connectivity index (χ2n) is 5.24. The maximum Gasteiger partial charge on any atom is 0.238 e. The summed E-state index contributed by atoms with van der Waals surface area (Å²) in [5, 5.41) is 10.7. The lowest BCUT2D eigenvalue weighted by Gasteiger charge is -2.09. The number of amides is 1. The molecule has 1 amide bonds. The molecule has 6 heteroatoms. The molecule has 1 aromatic carbocycles. The zero-order chi connectivity index (χ0) is 14.7. The van der Waals surface area contributed by atoms with Crippen molar-refractivity contribution in [3.63, 3.8) is 0 Å². The van der Waals surface area contributed by atoms with E-state index in [1.165, 1.54) is 12.8 Å². The molecule has 0 radical (unpaired) electrons. The van der Waals surface area contributed by atoms with Gasteiger partial charge in [0.15, 0.2) is 0 Å². The Morgan fingerprint density at radius 1 is 1.43 bits per heavy atom. The van der Waals surface area contributed by atoms with Crippen molar-refractivity contribution in [1.29, 1.82) is 0 Å². The van der Waals surface area contributed by atoms with Crippen LogP contribution < -0.4 is 10.6 Å². The first-order valence-corrected chi connectivity index (χ1v) is 7.40. The van der Waals surface area contributed by atoms with Crippen LogP contribution >= 0.6 is 11.6 Å². The Balaban J connectivity index is 1.58. The third-order valence-corrected chi connectivity index (χ3v) is 3.70. The summed E-state index contributed by atoms with van der Waals surface area (Å²) < 4.78 is 1.69. The molecule has 0 bridgehead atoms. The fourth-order valence-electron chi connectivity index (χ4n) is 2.10. The molecule has 110 valence electrons. The van der Waals surface area contributed by atoms with Crippen LogP contribution in [-0.4, -0.2) is 28.8 Å². The zero-order valence-electron chi connectivity index (χ0n) is 11.6. The lowest BCUT2D eigenvalue weighted by molar-refractivity contribution is -0.115. The van der Waals surface area contributed by atoms with Gasteiger partial charge in [-0.2, -0.15) is 5.10 Å². The minimum absolute atomic E-state index is 0.0569. The zero-order valence-corrected chi connectivity index (χ0v) is 12.3. The number of rotatable bonds is 6. The molecule has 1 fully saturated rings. The van der Waals surface area contributed by atoms with E-state index in [-0.39, 0.29) is 5.91 Å². The van der Waals surface area contributed by atoms with Gasteiger partial charge in [0, 0.05) is 18.1 Å². The van der Waals surface area contributed by atoms with Crippen LogP contribution in [0.5, 0.6) is 0 Å². The summed E-state index contributed by atoms with van der Waals surface area (Å²) in [4.78, 5) is 11.8. The third kappa shape index (κ3) is 3.83. The van der Waals surface area contributed by atoms with Gasteiger partial charge in [-0.15, -0.1) is 0 Å². The summed E-state index contributed by atoms with van der Waals surface area (Å²) in [6.07, 6.45) is 6.07. The summed E-state index contributed by atoms with van der Waals surface area (Å²) in [6, 6.07) is 7.22. The predicted octanol–water partition coefficient (Wildman–Crippen LogP) is 2.46. The lowest BCUT2D eigenvalue weighted by atomic mass is 10.2. The van der Waals surface area contributed by atoms with E-state index >= 15 is 0 Å². The minimum Gasteiger partial charge on any atom is -0.325 e. The molecule has 1 heterocycles. The van der Waals surface area contributed by atoms with Gasteiger partial charge < -0.3 is 10.6 Å².